The molecule has 1 aromatic carbocycles. The van der Waals surface area contributed by atoms with Gasteiger partial charge in [-0.05, 0) is 18.7 Å². The van der Waals surface area contributed by atoms with E-state index in [4.69, 9.17) is 5.73 Å². The summed E-state index contributed by atoms with van der Waals surface area (Å²) in [6.45, 7) is 0.569. The lowest BCUT2D eigenvalue weighted by molar-refractivity contribution is 0.471. The number of benzene rings is 1. The molecule has 4 nitrogen and oxygen atoms in total. The van der Waals surface area contributed by atoms with Crippen molar-refractivity contribution in [1.82, 2.24) is 9.55 Å². The van der Waals surface area contributed by atoms with Gasteiger partial charge in [0.05, 0.1) is 12.0 Å². The molecule has 0 atom stereocenters. The second-order valence-electron chi connectivity index (χ2n) is 3.28. The Labute approximate surface area is 88.0 Å². The summed E-state index contributed by atoms with van der Waals surface area (Å²) in [5, 5.41) is 9.70. The highest BCUT2D eigenvalue weighted by molar-refractivity contribution is 5.46. The molecular formula is C11H13N3O. The molecule has 0 aliphatic carbocycles. The molecular weight excluding hydrogens is 190 g/mol. The molecule has 4 heteroatoms. The van der Waals surface area contributed by atoms with Crippen LogP contribution in [0.1, 0.15) is 5.69 Å². The normalized spacial score (nSPS) is 10.5. The summed E-state index contributed by atoms with van der Waals surface area (Å²) in [5.74, 6) is 0.244. The number of phenols is 1. The van der Waals surface area contributed by atoms with Gasteiger partial charge in [-0.15, -0.1) is 0 Å². The molecule has 1 heterocycles. The summed E-state index contributed by atoms with van der Waals surface area (Å²) in [4.78, 5) is 4.05. The predicted molar refractivity (Wildman–Crippen MR) is 58.0 cm³/mol. The van der Waals surface area contributed by atoms with Crippen LogP contribution < -0.4 is 5.73 Å². The number of imidazole rings is 1. The van der Waals surface area contributed by atoms with Crippen molar-refractivity contribution >= 4 is 0 Å². The van der Waals surface area contributed by atoms with E-state index in [9.17, 15) is 5.11 Å². The Morgan fingerprint density at radius 2 is 2.13 bits per heavy atom. The van der Waals surface area contributed by atoms with E-state index in [1.807, 2.05) is 16.7 Å². The monoisotopic (exact) mass is 203 g/mol. The van der Waals surface area contributed by atoms with Gasteiger partial charge in [0.25, 0.3) is 0 Å². The third kappa shape index (κ3) is 1.85. The van der Waals surface area contributed by atoms with Gasteiger partial charge in [-0.25, -0.2) is 4.98 Å². The van der Waals surface area contributed by atoms with Gasteiger partial charge in [0, 0.05) is 18.3 Å². The standard InChI is InChI=1S/C11H13N3O/c12-6-5-9-7-13-8-14(9)10-3-1-2-4-11(10)15/h1-4,7-8,15H,5-6,12H2. The van der Waals surface area contributed by atoms with Crippen LogP contribution in [0.3, 0.4) is 0 Å². The molecule has 0 spiro atoms. The molecule has 1 aromatic heterocycles. The summed E-state index contributed by atoms with van der Waals surface area (Å²) in [6, 6.07) is 7.16. The topological polar surface area (TPSA) is 64.1 Å². The van der Waals surface area contributed by atoms with Gasteiger partial charge < -0.3 is 10.8 Å². The Hall–Kier alpha value is -1.81. The zero-order chi connectivity index (χ0) is 10.7. The zero-order valence-electron chi connectivity index (χ0n) is 8.30. The first-order chi connectivity index (χ1) is 7.33. The molecule has 0 unspecified atom stereocenters. The van der Waals surface area contributed by atoms with Crippen molar-refractivity contribution in [3.05, 3.63) is 42.5 Å². The summed E-state index contributed by atoms with van der Waals surface area (Å²) in [5.41, 5.74) is 7.23. The van der Waals surface area contributed by atoms with E-state index in [2.05, 4.69) is 4.98 Å². The average molecular weight is 203 g/mol. The minimum atomic E-state index is 0.244. The number of aromatic nitrogens is 2. The van der Waals surface area contributed by atoms with Gasteiger partial charge in [-0.2, -0.15) is 0 Å². The summed E-state index contributed by atoms with van der Waals surface area (Å²) < 4.78 is 1.85. The van der Waals surface area contributed by atoms with Crippen LogP contribution in [0, 0.1) is 0 Å². The molecule has 0 aliphatic heterocycles. The number of rotatable bonds is 3. The van der Waals surface area contributed by atoms with E-state index >= 15 is 0 Å². The molecule has 3 N–H and O–H groups in total. The number of aromatic hydroxyl groups is 1. The SMILES string of the molecule is NCCc1cncn1-c1ccccc1O. The van der Waals surface area contributed by atoms with Crippen molar-refractivity contribution in [1.29, 1.82) is 0 Å². The maximum absolute atomic E-state index is 9.70. The van der Waals surface area contributed by atoms with Crippen molar-refractivity contribution < 1.29 is 5.11 Å². The maximum Gasteiger partial charge on any atom is 0.139 e. The molecule has 0 saturated carbocycles. The lowest BCUT2D eigenvalue weighted by Crippen LogP contribution is -2.07. The van der Waals surface area contributed by atoms with Crippen molar-refractivity contribution in [3.63, 3.8) is 0 Å². The molecule has 0 saturated heterocycles. The fourth-order valence-electron chi connectivity index (χ4n) is 1.54. The average Bonchev–Trinajstić information content (AvgIpc) is 2.67. The molecule has 0 aliphatic rings. The summed E-state index contributed by atoms with van der Waals surface area (Å²) in [6.07, 6.45) is 4.19. The van der Waals surface area contributed by atoms with E-state index in [1.165, 1.54) is 0 Å². The fourth-order valence-corrected chi connectivity index (χ4v) is 1.54. The molecule has 0 amide bonds. The fraction of sp³-hybridized carbons (Fsp3) is 0.182. The van der Waals surface area contributed by atoms with Crippen LogP contribution in [-0.2, 0) is 6.42 Å². The summed E-state index contributed by atoms with van der Waals surface area (Å²) in [7, 11) is 0. The molecule has 2 rings (SSSR count). The van der Waals surface area contributed by atoms with Crippen LogP contribution in [0.2, 0.25) is 0 Å². The van der Waals surface area contributed by atoms with E-state index in [1.54, 1.807) is 24.7 Å². The Morgan fingerprint density at radius 1 is 1.33 bits per heavy atom. The number of para-hydroxylation sites is 2. The smallest absolute Gasteiger partial charge is 0.139 e. The highest BCUT2D eigenvalue weighted by Gasteiger charge is 2.06. The van der Waals surface area contributed by atoms with Gasteiger partial charge in [0.15, 0.2) is 0 Å². The predicted octanol–water partition coefficient (Wildman–Crippen LogP) is 1.08. The van der Waals surface area contributed by atoms with Crippen molar-refractivity contribution in [2.24, 2.45) is 5.73 Å². The third-order valence-corrected chi connectivity index (χ3v) is 2.26. The lowest BCUT2D eigenvalue weighted by Gasteiger charge is -2.08. The van der Waals surface area contributed by atoms with E-state index in [-0.39, 0.29) is 5.75 Å². The third-order valence-electron chi connectivity index (χ3n) is 2.26. The van der Waals surface area contributed by atoms with E-state index in [0.29, 0.717) is 6.54 Å². The highest BCUT2D eigenvalue weighted by Crippen LogP contribution is 2.21. The minimum Gasteiger partial charge on any atom is -0.506 e. The number of hydrogen-bond donors (Lipinski definition) is 2. The molecule has 78 valence electrons. The largest absolute Gasteiger partial charge is 0.506 e. The van der Waals surface area contributed by atoms with Crippen LogP contribution in [0.5, 0.6) is 5.75 Å². The van der Waals surface area contributed by atoms with Crippen molar-refractivity contribution in [3.8, 4) is 11.4 Å². The number of phenolic OH excluding ortho intramolecular Hbond substituents is 1. The first-order valence-corrected chi connectivity index (χ1v) is 4.82. The molecule has 15 heavy (non-hydrogen) atoms. The van der Waals surface area contributed by atoms with Gasteiger partial charge in [0.2, 0.25) is 0 Å². The Bertz CT molecular complexity index is 451. The first-order valence-electron chi connectivity index (χ1n) is 4.82. The molecule has 0 radical (unpaired) electrons. The lowest BCUT2D eigenvalue weighted by atomic mass is 10.2. The maximum atomic E-state index is 9.70. The van der Waals surface area contributed by atoms with Crippen LogP contribution in [0.4, 0.5) is 0 Å². The van der Waals surface area contributed by atoms with Gasteiger partial charge in [-0.3, -0.25) is 4.57 Å². The van der Waals surface area contributed by atoms with Crippen LogP contribution >= 0.6 is 0 Å². The number of nitrogens with two attached hydrogens (primary N) is 1. The minimum absolute atomic E-state index is 0.244. The van der Waals surface area contributed by atoms with Crippen LogP contribution in [0.25, 0.3) is 5.69 Å². The Balaban J connectivity index is 2.45. The number of nitrogens with zero attached hydrogens (tertiary/aromatic N) is 2. The summed E-state index contributed by atoms with van der Waals surface area (Å²) >= 11 is 0. The molecule has 0 bridgehead atoms. The highest BCUT2D eigenvalue weighted by atomic mass is 16.3. The second-order valence-corrected chi connectivity index (χ2v) is 3.28. The van der Waals surface area contributed by atoms with Gasteiger partial charge >= 0.3 is 0 Å². The van der Waals surface area contributed by atoms with Crippen LogP contribution in [-0.4, -0.2) is 21.2 Å². The molecule has 0 fully saturated rings. The zero-order valence-corrected chi connectivity index (χ0v) is 8.30. The Kier molecular flexibility index (Phi) is 2.69. The van der Waals surface area contributed by atoms with Crippen molar-refractivity contribution in [2.75, 3.05) is 6.54 Å². The molecule has 2 aromatic rings. The van der Waals surface area contributed by atoms with Gasteiger partial charge in [-0.1, -0.05) is 12.1 Å². The quantitative estimate of drug-likeness (QED) is 0.784. The first kappa shape index (κ1) is 9.73. The Morgan fingerprint density at radius 3 is 2.87 bits per heavy atom. The van der Waals surface area contributed by atoms with Crippen molar-refractivity contribution in [2.45, 2.75) is 6.42 Å². The van der Waals surface area contributed by atoms with Gasteiger partial charge in [0.1, 0.15) is 5.75 Å². The van der Waals surface area contributed by atoms with E-state index < -0.39 is 0 Å². The van der Waals surface area contributed by atoms with Crippen LogP contribution in [0.15, 0.2) is 36.8 Å². The van der Waals surface area contributed by atoms with E-state index in [0.717, 1.165) is 17.8 Å². The second kappa shape index (κ2) is 4.14. The number of hydrogen-bond acceptors (Lipinski definition) is 3.